The first-order chi connectivity index (χ1) is 14.4. The molecule has 30 heavy (non-hydrogen) atoms. The Bertz CT molecular complexity index is 890. The monoisotopic (exact) mass is 461 g/mol. The molecule has 3 heterocycles. The van der Waals surface area contributed by atoms with Gasteiger partial charge in [0.05, 0.1) is 13.1 Å². The van der Waals surface area contributed by atoms with Gasteiger partial charge in [-0.3, -0.25) is 19.4 Å². The third-order valence-electron chi connectivity index (χ3n) is 4.60. The molecule has 4 N–H and O–H groups in total. The molecule has 0 bridgehead atoms. The summed E-state index contributed by atoms with van der Waals surface area (Å²) in [6, 6.07) is 2.11. The Balaban J connectivity index is 0.00000155. The Labute approximate surface area is 180 Å². The van der Waals surface area contributed by atoms with Crippen molar-refractivity contribution in [1.82, 2.24) is 9.80 Å². The fourth-order valence-electron chi connectivity index (χ4n) is 3.06. The predicted octanol–water partition coefficient (Wildman–Crippen LogP) is -0.815. The molecule has 2 aromatic heterocycles. The Hall–Kier alpha value is -2.28. The van der Waals surface area contributed by atoms with Crippen LogP contribution in [0.4, 0.5) is 0 Å². The van der Waals surface area contributed by atoms with Crippen LogP contribution in [0.25, 0.3) is 0 Å². The fourth-order valence-corrected chi connectivity index (χ4v) is 3.06. The van der Waals surface area contributed by atoms with E-state index in [9.17, 15) is 19.8 Å². The van der Waals surface area contributed by atoms with Gasteiger partial charge < -0.3 is 29.3 Å². The van der Waals surface area contributed by atoms with Crippen LogP contribution in [0.2, 0.25) is 0 Å². The molecule has 12 heteroatoms. The van der Waals surface area contributed by atoms with Crippen LogP contribution in [0.5, 0.6) is 11.5 Å². The molecule has 1 aliphatic heterocycles. The summed E-state index contributed by atoms with van der Waals surface area (Å²) in [5.74, 6) is -0.552. The van der Waals surface area contributed by atoms with Crippen molar-refractivity contribution >= 4 is 0 Å². The van der Waals surface area contributed by atoms with Gasteiger partial charge in [0, 0.05) is 38.3 Å². The molecule has 0 radical (unpaired) electrons. The summed E-state index contributed by atoms with van der Waals surface area (Å²) in [6.45, 7) is 1.88. The third kappa shape index (κ3) is 5.88. The molecule has 0 saturated carbocycles. The van der Waals surface area contributed by atoms with E-state index in [1.807, 2.05) is 9.80 Å². The minimum atomic E-state index is -0.599. The average molecular weight is 461 g/mol. The Morgan fingerprint density at radius 3 is 1.40 bits per heavy atom. The molecule has 0 amide bonds. The van der Waals surface area contributed by atoms with Crippen molar-refractivity contribution in [3.8, 4) is 11.5 Å². The van der Waals surface area contributed by atoms with Gasteiger partial charge in [-0.2, -0.15) is 0 Å². The number of hydrogen-bond acceptors (Lipinski definition) is 11. The van der Waals surface area contributed by atoms with Gasteiger partial charge in [0.15, 0.2) is 11.5 Å². The van der Waals surface area contributed by atoms with E-state index in [1.54, 1.807) is 0 Å². The molecular formula is C18H22N2O9V. The van der Waals surface area contributed by atoms with Crippen molar-refractivity contribution in [3.63, 3.8) is 0 Å². The second-order valence-electron chi connectivity index (χ2n) is 6.57. The molecule has 0 aliphatic carbocycles. The van der Waals surface area contributed by atoms with Crippen molar-refractivity contribution in [2.45, 2.75) is 26.3 Å². The van der Waals surface area contributed by atoms with Crippen LogP contribution in [0, 0.1) is 0 Å². The molecule has 0 aromatic carbocycles. The zero-order chi connectivity index (χ0) is 22.3. The Kier molecular flexibility index (Phi) is 8.96. The van der Waals surface area contributed by atoms with Crippen LogP contribution >= 0.6 is 0 Å². The van der Waals surface area contributed by atoms with Gasteiger partial charge in [-0.25, -0.2) is 0 Å². The van der Waals surface area contributed by atoms with Gasteiger partial charge in [-0.05, 0) is 0 Å². The summed E-state index contributed by atoms with van der Waals surface area (Å²) in [4.78, 5) is 27.3. The second-order valence-corrected chi connectivity index (χ2v) is 6.57. The van der Waals surface area contributed by atoms with E-state index in [2.05, 4.69) is 0 Å². The Morgan fingerprint density at radius 1 is 0.767 bits per heavy atom. The fraction of sp³-hybridized carbons (Fsp3) is 0.444. The zero-order valence-electron chi connectivity index (χ0n) is 16.0. The normalized spacial score (nSPS) is 14.8. The molecule has 11 nitrogen and oxygen atoms in total. The third-order valence-corrected chi connectivity index (χ3v) is 4.60. The average Bonchev–Trinajstić information content (AvgIpc) is 2.76. The topological polar surface area (TPSA) is 165 Å². The number of piperazine rings is 1. The zero-order valence-corrected chi connectivity index (χ0v) is 17.4. The minimum absolute atomic E-state index is 0.0886. The first-order valence-electron chi connectivity index (χ1n) is 8.95. The summed E-state index contributed by atoms with van der Waals surface area (Å²) in [6.07, 6.45) is 0. The summed E-state index contributed by atoms with van der Waals surface area (Å²) >= 11 is 1.06. The van der Waals surface area contributed by atoms with Gasteiger partial charge in [-0.15, -0.1) is 0 Å². The van der Waals surface area contributed by atoms with Gasteiger partial charge >= 0.3 is 21.0 Å². The first-order valence-corrected chi connectivity index (χ1v) is 9.52. The summed E-state index contributed by atoms with van der Waals surface area (Å²) in [5, 5.41) is 38.0. The van der Waals surface area contributed by atoms with E-state index >= 15 is 0 Å². The van der Waals surface area contributed by atoms with Crippen LogP contribution < -0.4 is 10.9 Å². The number of rotatable bonds is 6. The SMILES string of the molecule is O=c1cc(CO)oc(CN2CCN(Cc3oc(CO)cc(=O)c3O)CC2)c1O.[O]=[V]. The second kappa shape index (κ2) is 11.2. The summed E-state index contributed by atoms with van der Waals surface area (Å²) < 4.78 is 18.9. The van der Waals surface area contributed by atoms with Crippen molar-refractivity contribution in [1.29, 1.82) is 0 Å². The van der Waals surface area contributed by atoms with Crippen molar-refractivity contribution < 1.29 is 50.3 Å². The molecule has 0 atom stereocenters. The quantitative estimate of drug-likeness (QED) is 0.425. The number of aromatic hydroxyl groups is 2. The van der Waals surface area contributed by atoms with E-state index in [0.717, 1.165) is 29.5 Å². The molecule has 1 aliphatic rings. The van der Waals surface area contributed by atoms with Crippen LogP contribution in [-0.2, 0) is 47.3 Å². The molecule has 2 aromatic rings. The standard InChI is InChI=1S/C18H22N2O8.O.V/c21-9-11-5-13(23)17(25)15(27-11)7-19-1-2-20(4-3-19)8-16-18(26)14(24)6-12(10-22)28-16;;/h5-6,21-22,25-26H,1-4,7-10H2;;. The molecule has 1 fully saturated rings. The molecular weight excluding hydrogens is 439 g/mol. The van der Waals surface area contributed by atoms with Crippen LogP contribution in [0.3, 0.4) is 0 Å². The van der Waals surface area contributed by atoms with Crippen molar-refractivity contribution in [3.05, 3.63) is 55.6 Å². The predicted molar refractivity (Wildman–Crippen MR) is 96.4 cm³/mol. The van der Waals surface area contributed by atoms with Gasteiger partial charge in [0.25, 0.3) is 0 Å². The van der Waals surface area contributed by atoms with Crippen molar-refractivity contribution in [2.75, 3.05) is 26.2 Å². The van der Waals surface area contributed by atoms with E-state index < -0.39 is 35.6 Å². The van der Waals surface area contributed by atoms with Gasteiger partial charge in [0.1, 0.15) is 24.7 Å². The number of aliphatic hydroxyl groups excluding tert-OH is 2. The summed E-state index contributed by atoms with van der Waals surface area (Å²) in [5.41, 5.74) is -1.20. The number of aliphatic hydroxyl groups is 2. The van der Waals surface area contributed by atoms with Crippen molar-refractivity contribution in [2.24, 2.45) is 0 Å². The van der Waals surface area contributed by atoms with Crippen LogP contribution in [-0.4, -0.2) is 56.4 Å². The van der Waals surface area contributed by atoms with Gasteiger partial charge in [0.2, 0.25) is 22.4 Å². The number of hydrogen-bond donors (Lipinski definition) is 4. The maximum absolute atomic E-state index is 11.7. The molecule has 3 rings (SSSR count). The molecule has 0 unspecified atom stereocenters. The van der Waals surface area contributed by atoms with Gasteiger partial charge in [-0.1, -0.05) is 0 Å². The Morgan fingerprint density at radius 2 is 1.10 bits per heavy atom. The number of nitrogens with zero attached hydrogens (tertiary/aromatic N) is 2. The first kappa shape index (κ1) is 24.0. The van der Waals surface area contributed by atoms with E-state index in [0.29, 0.717) is 26.2 Å². The van der Waals surface area contributed by atoms with E-state index in [1.165, 1.54) is 0 Å². The van der Waals surface area contributed by atoms with Crippen LogP contribution in [0.1, 0.15) is 23.0 Å². The maximum atomic E-state index is 11.7. The summed E-state index contributed by atoms with van der Waals surface area (Å²) in [7, 11) is 0. The molecule has 163 valence electrons. The van der Waals surface area contributed by atoms with E-state index in [-0.39, 0.29) is 36.1 Å². The molecule has 1 saturated heterocycles. The van der Waals surface area contributed by atoms with Crippen LogP contribution in [0.15, 0.2) is 30.6 Å². The van der Waals surface area contributed by atoms with E-state index in [4.69, 9.17) is 22.7 Å². The molecule has 0 spiro atoms.